The van der Waals surface area contributed by atoms with E-state index in [-0.39, 0.29) is 18.3 Å². The second-order valence-corrected chi connectivity index (χ2v) is 7.57. The van der Waals surface area contributed by atoms with Crippen LogP contribution in [0.5, 0.6) is 5.75 Å². The molecule has 0 atom stereocenters. The molecule has 1 heterocycles. The van der Waals surface area contributed by atoms with E-state index in [1.807, 2.05) is 60.7 Å². The maximum Gasteiger partial charge on any atom is 0.277 e. The Bertz CT molecular complexity index is 1140. The van der Waals surface area contributed by atoms with E-state index >= 15 is 0 Å². The van der Waals surface area contributed by atoms with Crippen molar-refractivity contribution >= 4 is 34.1 Å². The zero-order chi connectivity index (χ0) is 20.8. The van der Waals surface area contributed by atoms with E-state index in [0.717, 1.165) is 28.6 Å². The van der Waals surface area contributed by atoms with Crippen molar-refractivity contribution in [2.75, 3.05) is 11.1 Å². The summed E-state index contributed by atoms with van der Waals surface area (Å²) in [7, 11) is 0. The summed E-state index contributed by atoms with van der Waals surface area (Å²) < 4.78 is 11.3. The molecule has 152 valence electrons. The van der Waals surface area contributed by atoms with Crippen molar-refractivity contribution in [3.05, 3.63) is 78.2 Å². The van der Waals surface area contributed by atoms with E-state index in [2.05, 4.69) is 28.5 Å². The van der Waals surface area contributed by atoms with Gasteiger partial charge in [0.2, 0.25) is 5.91 Å². The van der Waals surface area contributed by atoms with Crippen LogP contribution in [-0.4, -0.2) is 21.9 Å². The highest BCUT2D eigenvalue weighted by Gasteiger charge is 2.11. The van der Waals surface area contributed by atoms with Crippen molar-refractivity contribution < 1.29 is 13.9 Å². The number of nitrogens with one attached hydrogen (secondary N) is 1. The van der Waals surface area contributed by atoms with Crippen LogP contribution in [0.15, 0.2) is 76.4 Å². The van der Waals surface area contributed by atoms with Gasteiger partial charge in [0.25, 0.3) is 11.1 Å². The van der Waals surface area contributed by atoms with Gasteiger partial charge in [-0.05, 0) is 47.0 Å². The molecule has 1 aromatic heterocycles. The van der Waals surface area contributed by atoms with Crippen molar-refractivity contribution in [3.63, 3.8) is 0 Å². The summed E-state index contributed by atoms with van der Waals surface area (Å²) in [6.07, 6.45) is 0.966. The molecular weight excluding hydrogens is 398 g/mol. The Morgan fingerprint density at radius 3 is 2.63 bits per heavy atom. The van der Waals surface area contributed by atoms with Gasteiger partial charge < -0.3 is 14.5 Å². The maximum atomic E-state index is 12.1. The zero-order valence-corrected chi connectivity index (χ0v) is 17.3. The number of fused-ring (bicyclic) bond motifs is 1. The molecule has 0 spiro atoms. The zero-order valence-electron chi connectivity index (χ0n) is 16.5. The first-order valence-corrected chi connectivity index (χ1v) is 10.6. The molecule has 7 heteroatoms. The first-order valence-electron chi connectivity index (χ1n) is 9.65. The molecule has 4 aromatic rings. The number of thioether (sulfide) groups is 1. The monoisotopic (exact) mass is 419 g/mol. The second kappa shape index (κ2) is 9.45. The number of carbonyl (C=O) groups is 1. The molecule has 1 amide bonds. The lowest BCUT2D eigenvalue weighted by molar-refractivity contribution is -0.113. The largest absolute Gasteiger partial charge is 0.484 e. The van der Waals surface area contributed by atoms with Crippen LogP contribution in [0.1, 0.15) is 18.4 Å². The molecule has 4 rings (SSSR count). The molecular formula is C23H21N3O3S. The summed E-state index contributed by atoms with van der Waals surface area (Å²) in [5.74, 6) is 1.15. The number of rotatable bonds is 8. The summed E-state index contributed by atoms with van der Waals surface area (Å²) in [5, 5.41) is 13.4. The van der Waals surface area contributed by atoms with Gasteiger partial charge in [-0.25, -0.2) is 0 Å². The lowest BCUT2D eigenvalue weighted by atomic mass is 10.1. The van der Waals surface area contributed by atoms with Crippen LogP contribution >= 0.6 is 11.8 Å². The smallest absolute Gasteiger partial charge is 0.277 e. The van der Waals surface area contributed by atoms with Gasteiger partial charge in [-0.2, -0.15) is 0 Å². The Balaban J connectivity index is 1.26. The molecule has 0 radical (unpaired) electrons. The third-order valence-electron chi connectivity index (χ3n) is 4.50. The second-order valence-electron chi connectivity index (χ2n) is 6.65. The summed E-state index contributed by atoms with van der Waals surface area (Å²) in [5.41, 5.74) is 2.00. The average Bonchev–Trinajstić information content (AvgIpc) is 3.24. The van der Waals surface area contributed by atoms with Crippen molar-refractivity contribution in [2.45, 2.75) is 25.2 Å². The minimum Gasteiger partial charge on any atom is -0.484 e. The number of nitrogens with zero attached hydrogens (tertiary/aromatic N) is 2. The number of aromatic nitrogens is 2. The first kappa shape index (κ1) is 20.0. The summed E-state index contributed by atoms with van der Waals surface area (Å²) >= 11 is 1.19. The number of ether oxygens (including phenoxy) is 1. The van der Waals surface area contributed by atoms with Crippen LogP contribution in [0.3, 0.4) is 0 Å². The standard InChI is InChI=1S/C23H21N3O3S/c1-2-16-7-10-19(11-8-16)24-21(27)15-30-23-26-25-22(29-23)14-28-20-12-9-17-5-3-4-6-18(17)13-20/h3-13H,2,14-15H2,1H3,(H,24,27). The Hall–Kier alpha value is -3.32. The molecule has 0 aliphatic rings. The number of carbonyl (C=O) groups excluding carboxylic acids is 1. The van der Waals surface area contributed by atoms with E-state index in [1.54, 1.807) is 0 Å². The fourth-order valence-electron chi connectivity index (χ4n) is 2.91. The van der Waals surface area contributed by atoms with E-state index < -0.39 is 0 Å². The van der Waals surface area contributed by atoms with Gasteiger partial charge in [-0.1, -0.05) is 61.2 Å². The molecule has 0 fully saturated rings. The number of hydrogen-bond acceptors (Lipinski definition) is 6. The number of anilines is 1. The van der Waals surface area contributed by atoms with Gasteiger partial charge in [0.05, 0.1) is 5.75 Å². The third-order valence-corrected chi connectivity index (χ3v) is 5.32. The Labute approximate surface area is 178 Å². The van der Waals surface area contributed by atoms with Gasteiger partial charge in [0.15, 0.2) is 6.61 Å². The maximum absolute atomic E-state index is 12.1. The third kappa shape index (κ3) is 5.18. The molecule has 0 aliphatic heterocycles. The predicted molar refractivity (Wildman–Crippen MR) is 118 cm³/mol. The van der Waals surface area contributed by atoms with Crippen molar-refractivity contribution in [1.82, 2.24) is 10.2 Å². The van der Waals surface area contributed by atoms with E-state index in [9.17, 15) is 4.79 Å². The molecule has 6 nitrogen and oxygen atoms in total. The molecule has 0 aliphatic carbocycles. The Kier molecular flexibility index (Phi) is 6.29. The summed E-state index contributed by atoms with van der Waals surface area (Å²) in [6.45, 7) is 2.26. The van der Waals surface area contributed by atoms with Gasteiger partial charge in [-0.15, -0.1) is 10.2 Å². The topological polar surface area (TPSA) is 77.2 Å². The van der Waals surface area contributed by atoms with Crippen molar-refractivity contribution in [1.29, 1.82) is 0 Å². The average molecular weight is 420 g/mol. The first-order chi connectivity index (χ1) is 14.7. The molecule has 0 saturated heterocycles. The van der Waals surface area contributed by atoms with Crippen LogP contribution in [0.2, 0.25) is 0 Å². The minimum atomic E-state index is -0.128. The summed E-state index contributed by atoms with van der Waals surface area (Å²) in [6, 6.07) is 21.8. The molecule has 0 unspecified atom stereocenters. The molecule has 1 N–H and O–H groups in total. The molecule has 3 aromatic carbocycles. The Morgan fingerprint density at radius 1 is 1.03 bits per heavy atom. The normalized spacial score (nSPS) is 10.8. The van der Waals surface area contributed by atoms with Gasteiger partial charge >= 0.3 is 0 Å². The molecule has 0 saturated carbocycles. The lowest BCUT2D eigenvalue weighted by Gasteiger charge is -2.05. The van der Waals surface area contributed by atoms with Gasteiger partial charge in [0.1, 0.15) is 5.75 Å². The highest BCUT2D eigenvalue weighted by molar-refractivity contribution is 7.99. The van der Waals surface area contributed by atoms with Crippen molar-refractivity contribution in [3.8, 4) is 5.75 Å². The fourth-order valence-corrected chi connectivity index (χ4v) is 3.49. The van der Waals surface area contributed by atoms with Crippen LogP contribution < -0.4 is 10.1 Å². The SMILES string of the molecule is CCc1ccc(NC(=O)CSc2nnc(COc3ccc4ccccc4c3)o2)cc1. The highest BCUT2D eigenvalue weighted by Crippen LogP contribution is 2.22. The molecule has 0 bridgehead atoms. The fraction of sp³-hybridized carbons (Fsp3) is 0.174. The van der Waals surface area contributed by atoms with Crippen molar-refractivity contribution in [2.24, 2.45) is 0 Å². The van der Waals surface area contributed by atoms with E-state index in [0.29, 0.717) is 11.1 Å². The van der Waals surface area contributed by atoms with Crippen LogP contribution in [0, 0.1) is 0 Å². The van der Waals surface area contributed by atoms with Crippen LogP contribution in [0.4, 0.5) is 5.69 Å². The summed E-state index contributed by atoms with van der Waals surface area (Å²) in [4.78, 5) is 12.1. The molecule has 30 heavy (non-hydrogen) atoms. The van der Waals surface area contributed by atoms with Crippen LogP contribution in [-0.2, 0) is 17.8 Å². The lowest BCUT2D eigenvalue weighted by Crippen LogP contribution is -2.13. The number of amides is 1. The quantitative estimate of drug-likeness (QED) is 0.401. The Morgan fingerprint density at radius 2 is 1.83 bits per heavy atom. The van der Waals surface area contributed by atoms with E-state index in [1.165, 1.54) is 17.3 Å². The number of benzene rings is 3. The number of hydrogen-bond donors (Lipinski definition) is 1. The highest BCUT2D eigenvalue weighted by atomic mass is 32.2. The minimum absolute atomic E-state index is 0.128. The van der Waals surface area contributed by atoms with E-state index in [4.69, 9.17) is 9.15 Å². The predicted octanol–water partition coefficient (Wildman–Crippen LogP) is 5.10. The number of aryl methyl sites for hydroxylation is 1. The van der Waals surface area contributed by atoms with Gasteiger partial charge in [0, 0.05) is 5.69 Å². The van der Waals surface area contributed by atoms with Gasteiger partial charge in [-0.3, -0.25) is 4.79 Å². The van der Waals surface area contributed by atoms with Crippen LogP contribution in [0.25, 0.3) is 10.8 Å².